The molecule has 1 fully saturated rings. The number of amides is 1. The lowest BCUT2D eigenvalue weighted by Gasteiger charge is -2.14. The SMILES string of the molecule is COC1CN(C(=O)c2sccc2Br)CC1OC. The van der Waals surface area contributed by atoms with E-state index in [1.807, 2.05) is 11.4 Å². The zero-order chi connectivity index (χ0) is 12.4. The van der Waals surface area contributed by atoms with E-state index in [4.69, 9.17) is 9.47 Å². The molecule has 94 valence electrons. The summed E-state index contributed by atoms with van der Waals surface area (Å²) in [7, 11) is 3.29. The van der Waals surface area contributed by atoms with Gasteiger partial charge in [-0.3, -0.25) is 4.79 Å². The molecular formula is C11H14BrNO3S. The Morgan fingerprint density at radius 3 is 2.41 bits per heavy atom. The summed E-state index contributed by atoms with van der Waals surface area (Å²) in [5.41, 5.74) is 0. The first-order chi connectivity index (χ1) is 8.17. The summed E-state index contributed by atoms with van der Waals surface area (Å²) in [5.74, 6) is 0.0356. The van der Waals surface area contributed by atoms with Crippen LogP contribution in [-0.4, -0.2) is 50.3 Å². The van der Waals surface area contributed by atoms with E-state index in [0.29, 0.717) is 13.1 Å². The van der Waals surface area contributed by atoms with E-state index in [0.717, 1.165) is 9.35 Å². The Labute approximate surface area is 113 Å². The van der Waals surface area contributed by atoms with Crippen LogP contribution in [0.15, 0.2) is 15.9 Å². The van der Waals surface area contributed by atoms with Crippen molar-refractivity contribution in [1.29, 1.82) is 0 Å². The van der Waals surface area contributed by atoms with E-state index < -0.39 is 0 Å². The first-order valence-electron chi connectivity index (χ1n) is 5.25. The predicted octanol–water partition coefficient (Wildman–Crippen LogP) is 2.00. The fourth-order valence-corrected chi connectivity index (χ4v) is 3.46. The second kappa shape index (κ2) is 5.48. The zero-order valence-electron chi connectivity index (χ0n) is 9.68. The van der Waals surface area contributed by atoms with E-state index >= 15 is 0 Å². The molecule has 1 aromatic rings. The van der Waals surface area contributed by atoms with Gasteiger partial charge >= 0.3 is 0 Å². The maximum atomic E-state index is 12.2. The van der Waals surface area contributed by atoms with Crippen LogP contribution in [0.5, 0.6) is 0 Å². The number of nitrogens with zero attached hydrogens (tertiary/aromatic N) is 1. The van der Waals surface area contributed by atoms with Gasteiger partial charge in [-0.25, -0.2) is 0 Å². The van der Waals surface area contributed by atoms with Crippen molar-refractivity contribution in [3.63, 3.8) is 0 Å². The molecule has 2 heterocycles. The Morgan fingerprint density at radius 1 is 1.41 bits per heavy atom. The van der Waals surface area contributed by atoms with Gasteiger partial charge < -0.3 is 14.4 Å². The number of likely N-dealkylation sites (tertiary alicyclic amines) is 1. The zero-order valence-corrected chi connectivity index (χ0v) is 12.1. The summed E-state index contributed by atoms with van der Waals surface area (Å²) in [4.78, 5) is 14.8. The second-order valence-electron chi connectivity index (χ2n) is 3.86. The van der Waals surface area contributed by atoms with Gasteiger partial charge in [0.1, 0.15) is 17.1 Å². The molecule has 2 rings (SSSR count). The van der Waals surface area contributed by atoms with Crippen LogP contribution in [0.25, 0.3) is 0 Å². The monoisotopic (exact) mass is 319 g/mol. The second-order valence-corrected chi connectivity index (χ2v) is 5.63. The third kappa shape index (κ3) is 2.54. The fourth-order valence-electron chi connectivity index (χ4n) is 1.95. The fraction of sp³-hybridized carbons (Fsp3) is 0.545. The minimum Gasteiger partial charge on any atom is -0.377 e. The Morgan fingerprint density at radius 2 is 2.00 bits per heavy atom. The number of halogens is 1. The molecule has 0 saturated carbocycles. The number of thiophene rings is 1. The average Bonchev–Trinajstić information content (AvgIpc) is 2.93. The van der Waals surface area contributed by atoms with Crippen LogP contribution in [0.4, 0.5) is 0 Å². The highest BCUT2D eigenvalue weighted by atomic mass is 79.9. The highest BCUT2D eigenvalue weighted by Gasteiger charge is 2.36. The minimum absolute atomic E-state index is 0.0356. The Balaban J connectivity index is 2.10. The first kappa shape index (κ1) is 13.0. The molecule has 2 atom stereocenters. The van der Waals surface area contributed by atoms with Crippen LogP contribution in [0.2, 0.25) is 0 Å². The van der Waals surface area contributed by atoms with Crippen molar-refractivity contribution in [2.75, 3.05) is 27.3 Å². The van der Waals surface area contributed by atoms with Crippen LogP contribution in [-0.2, 0) is 9.47 Å². The number of methoxy groups -OCH3 is 2. The Hall–Kier alpha value is -0.430. The molecule has 17 heavy (non-hydrogen) atoms. The molecule has 1 aliphatic heterocycles. The van der Waals surface area contributed by atoms with E-state index in [1.165, 1.54) is 11.3 Å². The molecule has 0 radical (unpaired) electrons. The highest BCUT2D eigenvalue weighted by Crippen LogP contribution is 2.26. The van der Waals surface area contributed by atoms with Gasteiger partial charge in [0, 0.05) is 31.8 Å². The summed E-state index contributed by atoms with van der Waals surface area (Å²) in [5, 5.41) is 1.90. The summed E-state index contributed by atoms with van der Waals surface area (Å²) in [6, 6.07) is 1.88. The number of rotatable bonds is 3. The van der Waals surface area contributed by atoms with Gasteiger partial charge in [0.2, 0.25) is 0 Å². The van der Waals surface area contributed by atoms with E-state index in [1.54, 1.807) is 19.1 Å². The molecule has 1 aliphatic rings. The molecule has 0 bridgehead atoms. The largest absolute Gasteiger partial charge is 0.377 e. The molecule has 2 unspecified atom stereocenters. The van der Waals surface area contributed by atoms with Crippen molar-refractivity contribution in [2.24, 2.45) is 0 Å². The van der Waals surface area contributed by atoms with Crippen LogP contribution < -0.4 is 0 Å². The van der Waals surface area contributed by atoms with Crippen molar-refractivity contribution < 1.29 is 14.3 Å². The maximum Gasteiger partial charge on any atom is 0.265 e. The predicted molar refractivity (Wildman–Crippen MR) is 69.5 cm³/mol. The van der Waals surface area contributed by atoms with E-state index in [2.05, 4.69) is 15.9 Å². The van der Waals surface area contributed by atoms with Crippen LogP contribution in [0.3, 0.4) is 0 Å². The molecule has 0 spiro atoms. The van der Waals surface area contributed by atoms with E-state index in [-0.39, 0.29) is 18.1 Å². The van der Waals surface area contributed by atoms with Crippen molar-refractivity contribution in [3.8, 4) is 0 Å². The maximum absolute atomic E-state index is 12.2. The molecular weight excluding hydrogens is 306 g/mol. The summed E-state index contributed by atoms with van der Waals surface area (Å²) in [6.45, 7) is 1.16. The van der Waals surface area contributed by atoms with Gasteiger partial charge in [0.25, 0.3) is 5.91 Å². The summed E-state index contributed by atoms with van der Waals surface area (Å²) < 4.78 is 11.5. The van der Waals surface area contributed by atoms with Gasteiger partial charge in [0.05, 0.1) is 0 Å². The van der Waals surface area contributed by atoms with Crippen molar-refractivity contribution in [1.82, 2.24) is 4.90 Å². The third-order valence-corrected chi connectivity index (χ3v) is 4.75. The number of carbonyl (C=O) groups excluding carboxylic acids is 1. The Kier molecular flexibility index (Phi) is 4.19. The third-order valence-electron chi connectivity index (χ3n) is 2.92. The number of hydrogen-bond donors (Lipinski definition) is 0. The number of ether oxygens (including phenoxy) is 2. The average molecular weight is 320 g/mol. The molecule has 0 aliphatic carbocycles. The van der Waals surface area contributed by atoms with Crippen molar-refractivity contribution in [3.05, 3.63) is 20.8 Å². The molecule has 1 aromatic heterocycles. The van der Waals surface area contributed by atoms with Crippen molar-refractivity contribution in [2.45, 2.75) is 12.2 Å². The minimum atomic E-state index is -0.0392. The highest BCUT2D eigenvalue weighted by molar-refractivity contribution is 9.10. The molecule has 6 heteroatoms. The van der Waals surface area contributed by atoms with Gasteiger partial charge in [-0.15, -0.1) is 11.3 Å². The lowest BCUT2D eigenvalue weighted by Crippen LogP contribution is -2.29. The Bertz CT molecular complexity index is 397. The van der Waals surface area contributed by atoms with Gasteiger partial charge in [-0.1, -0.05) is 0 Å². The van der Waals surface area contributed by atoms with Crippen LogP contribution in [0.1, 0.15) is 9.67 Å². The lowest BCUT2D eigenvalue weighted by atomic mass is 10.3. The number of carbonyl (C=O) groups is 1. The summed E-state index contributed by atoms with van der Waals surface area (Å²) >= 11 is 4.82. The smallest absolute Gasteiger partial charge is 0.265 e. The topological polar surface area (TPSA) is 38.8 Å². The van der Waals surface area contributed by atoms with E-state index in [9.17, 15) is 4.79 Å². The molecule has 1 amide bonds. The normalized spacial score (nSPS) is 24.3. The molecule has 4 nitrogen and oxygen atoms in total. The van der Waals surface area contributed by atoms with Crippen LogP contribution in [0, 0.1) is 0 Å². The quantitative estimate of drug-likeness (QED) is 0.855. The number of hydrogen-bond acceptors (Lipinski definition) is 4. The van der Waals surface area contributed by atoms with Crippen molar-refractivity contribution >= 4 is 33.2 Å². The molecule has 0 aromatic carbocycles. The standard InChI is InChI=1S/C11H14BrNO3S/c1-15-8-5-13(6-9(8)16-2)11(14)10-7(12)3-4-17-10/h3-4,8-9H,5-6H2,1-2H3. The molecule has 0 N–H and O–H groups in total. The van der Waals surface area contributed by atoms with Gasteiger partial charge in [-0.05, 0) is 27.4 Å². The summed E-state index contributed by atoms with van der Waals surface area (Å²) in [6.07, 6.45) is -0.0784. The van der Waals surface area contributed by atoms with Crippen LogP contribution >= 0.6 is 27.3 Å². The molecule has 1 saturated heterocycles. The first-order valence-corrected chi connectivity index (χ1v) is 6.92. The lowest BCUT2D eigenvalue weighted by molar-refractivity contribution is -0.00461. The van der Waals surface area contributed by atoms with Gasteiger partial charge in [-0.2, -0.15) is 0 Å². The van der Waals surface area contributed by atoms with Gasteiger partial charge in [0.15, 0.2) is 0 Å².